The molecule has 1 aromatic rings. The van der Waals surface area contributed by atoms with Gasteiger partial charge in [0, 0.05) is 22.4 Å². The zero-order valence-electron chi connectivity index (χ0n) is 8.50. The molecule has 0 aromatic heterocycles. The number of thioether (sulfide) groups is 1. The smallest absolute Gasteiger partial charge is 0.0478 e. The van der Waals surface area contributed by atoms with E-state index in [0.29, 0.717) is 5.25 Å². The van der Waals surface area contributed by atoms with Crippen molar-refractivity contribution in [3.8, 4) is 0 Å². The lowest BCUT2D eigenvalue weighted by atomic mass is 10.3. The van der Waals surface area contributed by atoms with Crippen LogP contribution in [0.25, 0.3) is 0 Å². The van der Waals surface area contributed by atoms with Crippen molar-refractivity contribution >= 4 is 17.4 Å². The zero-order chi connectivity index (χ0) is 9.68. The van der Waals surface area contributed by atoms with Crippen molar-refractivity contribution in [1.82, 2.24) is 0 Å². The van der Waals surface area contributed by atoms with Gasteiger partial charge in [-0.05, 0) is 19.1 Å². The predicted molar refractivity (Wildman–Crippen MR) is 61.6 cm³/mol. The van der Waals surface area contributed by atoms with E-state index in [1.165, 1.54) is 10.6 Å². The number of anilines is 1. The second kappa shape index (κ2) is 5.18. The monoisotopic (exact) mass is 195 g/mol. The molecule has 13 heavy (non-hydrogen) atoms. The lowest BCUT2D eigenvalue weighted by Crippen LogP contribution is -1.98. The Kier molecular flexibility index (Phi) is 4.16. The Balaban J connectivity index is 2.78. The Bertz CT molecular complexity index is 258. The van der Waals surface area contributed by atoms with Crippen LogP contribution in [0.2, 0.25) is 0 Å². The fraction of sp³-hybridized carbons (Fsp3) is 0.455. The summed E-state index contributed by atoms with van der Waals surface area (Å²) >= 11 is 1.90. The number of nitrogens with one attached hydrogen (secondary N) is 1. The molecular weight excluding hydrogens is 178 g/mol. The van der Waals surface area contributed by atoms with Crippen LogP contribution >= 0.6 is 11.8 Å². The van der Waals surface area contributed by atoms with E-state index in [2.05, 4.69) is 50.4 Å². The molecular formula is C11H17NS. The molecule has 2 heteroatoms. The molecule has 72 valence electrons. The molecule has 1 nitrogen and oxygen atoms in total. The number of benzene rings is 1. The van der Waals surface area contributed by atoms with Crippen LogP contribution in [0.5, 0.6) is 0 Å². The average molecular weight is 195 g/mol. The van der Waals surface area contributed by atoms with Crippen LogP contribution in [0, 0.1) is 0 Å². The van der Waals surface area contributed by atoms with Crippen LogP contribution in [0.1, 0.15) is 20.8 Å². The molecule has 0 fully saturated rings. The average Bonchev–Trinajstić information content (AvgIpc) is 2.08. The van der Waals surface area contributed by atoms with E-state index in [1.54, 1.807) is 0 Å². The van der Waals surface area contributed by atoms with Crippen LogP contribution in [-0.2, 0) is 0 Å². The molecule has 0 saturated carbocycles. The van der Waals surface area contributed by atoms with Gasteiger partial charge in [0.05, 0.1) is 0 Å². The van der Waals surface area contributed by atoms with Gasteiger partial charge in [0.15, 0.2) is 0 Å². The standard InChI is InChI=1S/C11H17NS/c1-4-12-10-7-5-6-8-11(10)13-9(2)3/h5-9,12H,4H2,1-3H3. The van der Waals surface area contributed by atoms with Crippen molar-refractivity contribution < 1.29 is 0 Å². The highest BCUT2D eigenvalue weighted by atomic mass is 32.2. The van der Waals surface area contributed by atoms with Crippen molar-refractivity contribution in [2.45, 2.75) is 30.9 Å². The molecule has 0 aliphatic heterocycles. The third-order valence-electron chi connectivity index (χ3n) is 1.62. The molecule has 1 aromatic carbocycles. The first-order valence-electron chi connectivity index (χ1n) is 4.73. The maximum atomic E-state index is 3.36. The van der Waals surface area contributed by atoms with Gasteiger partial charge in [-0.3, -0.25) is 0 Å². The third-order valence-corrected chi connectivity index (χ3v) is 2.70. The van der Waals surface area contributed by atoms with Crippen LogP contribution in [0.3, 0.4) is 0 Å². The molecule has 1 N–H and O–H groups in total. The van der Waals surface area contributed by atoms with Crippen molar-refractivity contribution in [2.24, 2.45) is 0 Å². The molecule has 0 aliphatic rings. The maximum absolute atomic E-state index is 3.36. The fourth-order valence-corrected chi connectivity index (χ4v) is 2.09. The van der Waals surface area contributed by atoms with Gasteiger partial charge in [-0.25, -0.2) is 0 Å². The molecule has 0 atom stereocenters. The Morgan fingerprint density at radius 3 is 2.62 bits per heavy atom. The van der Waals surface area contributed by atoms with E-state index >= 15 is 0 Å². The lowest BCUT2D eigenvalue weighted by Gasteiger charge is -2.11. The third kappa shape index (κ3) is 3.31. The highest BCUT2D eigenvalue weighted by molar-refractivity contribution is 8.00. The molecule has 0 bridgehead atoms. The van der Waals surface area contributed by atoms with Crippen molar-refractivity contribution in [1.29, 1.82) is 0 Å². The van der Waals surface area contributed by atoms with Crippen molar-refractivity contribution in [2.75, 3.05) is 11.9 Å². The minimum absolute atomic E-state index is 0.639. The van der Waals surface area contributed by atoms with E-state index < -0.39 is 0 Å². The minimum atomic E-state index is 0.639. The van der Waals surface area contributed by atoms with E-state index in [4.69, 9.17) is 0 Å². The second-order valence-electron chi connectivity index (χ2n) is 3.19. The molecule has 0 unspecified atom stereocenters. The number of rotatable bonds is 4. The van der Waals surface area contributed by atoms with Gasteiger partial charge in [-0.1, -0.05) is 26.0 Å². The molecule has 0 saturated heterocycles. The Morgan fingerprint density at radius 2 is 2.00 bits per heavy atom. The maximum Gasteiger partial charge on any atom is 0.0478 e. The van der Waals surface area contributed by atoms with Gasteiger partial charge in [0.1, 0.15) is 0 Å². The van der Waals surface area contributed by atoms with E-state index in [9.17, 15) is 0 Å². The van der Waals surface area contributed by atoms with Gasteiger partial charge in [0.25, 0.3) is 0 Å². The Morgan fingerprint density at radius 1 is 1.31 bits per heavy atom. The highest BCUT2D eigenvalue weighted by Crippen LogP contribution is 2.29. The second-order valence-corrected chi connectivity index (χ2v) is 4.81. The zero-order valence-corrected chi connectivity index (χ0v) is 9.32. The van der Waals surface area contributed by atoms with E-state index in [-0.39, 0.29) is 0 Å². The van der Waals surface area contributed by atoms with E-state index in [0.717, 1.165) is 6.54 Å². The summed E-state index contributed by atoms with van der Waals surface area (Å²) in [5.74, 6) is 0. The number of hydrogen-bond donors (Lipinski definition) is 1. The van der Waals surface area contributed by atoms with Gasteiger partial charge in [-0.15, -0.1) is 11.8 Å². The highest BCUT2D eigenvalue weighted by Gasteiger charge is 2.02. The summed E-state index contributed by atoms with van der Waals surface area (Å²) < 4.78 is 0. The van der Waals surface area contributed by atoms with Gasteiger partial charge in [-0.2, -0.15) is 0 Å². The molecule has 0 aliphatic carbocycles. The summed E-state index contributed by atoms with van der Waals surface area (Å²) in [6.07, 6.45) is 0. The summed E-state index contributed by atoms with van der Waals surface area (Å²) in [6.45, 7) is 7.53. The quantitative estimate of drug-likeness (QED) is 0.736. The van der Waals surface area contributed by atoms with Gasteiger partial charge >= 0.3 is 0 Å². The summed E-state index contributed by atoms with van der Waals surface area (Å²) in [7, 11) is 0. The van der Waals surface area contributed by atoms with Crippen LogP contribution < -0.4 is 5.32 Å². The van der Waals surface area contributed by atoms with Crippen LogP contribution in [0.4, 0.5) is 5.69 Å². The Labute approximate surface area is 84.9 Å². The van der Waals surface area contributed by atoms with Crippen LogP contribution in [-0.4, -0.2) is 11.8 Å². The summed E-state index contributed by atoms with van der Waals surface area (Å²) in [5, 5.41) is 4.00. The summed E-state index contributed by atoms with van der Waals surface area (Å²) in [4.78, 5) is 1.35. The largest absolute Gasteiger partial charge is 0.384 e. The molecule has 0 radical (unpaired) electrons. The van der Waals surface area contributed by atoms with Gasteiger partial charge in [0.2, 0.25) is 0 Å². The first-order chi connectivity index (χ1) is 6.24. The van der Waals surface area contributed by atoms with Crippen molar-refractivity contribution in [3.63, 3.8) is 0 Å². The van der Waals surface area contributed by atoms with Crippen molar-refractivity contribution in [3.05, 3.63) is 24.3 Å². The normalized spacial score (nSPS) is 10.5. The lowest BCUT2D eigenvalue weighted by molar-refractivity contribution is 1.11. The molecule has 0 heterocycles. The first kappa shape index (κ1) is 10.5. The minimum Gasteiger partial charge on any atom is -0.384 e. The summed E-state index contributed by atoms with van der Waals surface area (Å²) in [5.41, 5.74) is 1.25. The number of para-hydroxylation sites is 1. The SMILES string of the molecule is CCNc1ccccc1SC(C)C. The number of hydrogen-bond acceptors (Lipinski definition) is 2. The van der Waals surface area contributed by atoms with Crippen LogP contribution in [0.15, 0.2) is 29.2 Å². The molecule has 0 amide bonds. The summed E-state index contributed by atoms with van der Waals surface area (Å²) in [6, 6.07) is 8.46. The van der Waals surface area contributed by atoms with E-state index in [1.807, 2.05) is 11.8 Å². The first-order valence-corrected chi connectivity index (χ1v) is 5.61. The molecule has 1 rings (SSSR count). The van der Waals surface area contributed by atoms with Gasteiger partial charge < -0.3 is 5.32 Å². The topological polar surface area (TPSA) is 12.0 Å². The fourth-order valence-electron chi connectivity index (χ4n) is 1.16. The predicted octanol–water partition coefficient (Wildman–Crippen LogP) is 3.62. The Hall–Kier alpha value is -0.630. The molecule has 0 spiro atoms.